The van der Waals surface area contributed by atoms with Crippen molar-refractivity contribution >= 4 is 33.3 Å². The van der Waals surface area contributed by atoms with Crippen molar-refractivity contribution in [2.24, 2.45) is 10.2 Å². The van der Waals surface area contributed by atoms with Crippen LogP contribution in [0.5, 0.6) is 5.75 Å². The molecule has 0 atom stereocenters. The van der Waals surface area contributed by atoms with Gasteiger partial charge in [-0.1, -0.05) is 24.3 Å². The van der Waals surface area contributed by atoms with E-state index in [4.69, 9.17) is 9.84 Å². The number of benzene rings is 2. The number of hydrogen-bond acceptors (Lipinski definition) is 8. The molecule has 1 N–H and O–H groups in total. The van der Waals surface area contributed by atoms with Crippen molar-refractivity contribution in [3.05, 3.63) is 71.5 Å². The van der Waals surface area contributed by atoms with E-state index in [1.807, 2.05) is 31.2 Å². The zero-order chi connectivity index (χ0) is 22.5. The zero-order valence-electron chi connectivity index (χ0n) is 17.0. The molecule has 2 aromatic carbocycles. The molecule has 8 nitrogen and oxygen atoms in total. The highest BCUT2D eigenvalue weighted by Gasteiger charge is 2.20. The molecule has 0 aliphatic heterocycles. The molecule has 0 unspecified atom stereocenters. The largest absolute Gasteiger partial charge is 0.493 e. The van der Waals surface area contributed by atoms with Crippen molar-refractivity contribution in [1.29, 1.82) is 5.26 Å². The number of fused-ring (bicyclic) bond motifs is 1. The van der Waals surface area contributed by atoms with E-state index in [0.717, 1.165) is 16.0 Å². The lowest BCUT2D eigenvalue weighted by Crippen LogP contribution is -1.95. The number of nitriles is 1. The fourth-order valence-electron chi connectivity index (χ4n) is 3.13. The average molecular weight is 443 g/mol. The van der Waals surface area contributed by atoms with Crippen molar-refractivity contribution in [2.45, 2.75) is 13.5 Å². The molecule has 158 valence electrons. The van der Waals surface area contributed by atoms with Gasteiger partial charge < -0.3 is 9.84 Å². The van der Waals surface area contributed by atoms with Crippen molar-refractivity contribution < 1.29 is 14.6 Å². The first-order valence-corrected chi connectivity index (χ1v) is 10.5. The maximum atomic E-state index is 11.0. The molecule has 0 aliphatic carbocycles. The Morgan fingerprint density at radius 3 is 2.69 bits per heavy atom. The monoisotopic (exact) mass is 443 g/mol. The van der Waals surface area contributed by atoms with Gasteiger partial charge in [0.05, 0.1) is 29.2 Å². The number of carboxylic acid groups (broad SMARTS) is 1. The van der Waals surface area contributed by atoms with Crippen molar-refractivity contribution in [2.75, 3.05) is 6.61 Å². The van der Waals surface area contributed by atoms with E-state index >= 15 is 0 Å². The number of hydrogen-bond donors (Lipinski definition) is 1. The molecule has 0 saturated carbocycles. The highest BCUT2D eigenvalue weighted by Crippen LogP contribution is 2.43. The topological polar surface area (TPSA) is 121 Å². The molecule has 0 spiro atoms. The van der Waals surface area contributed by atoms with E-state index in [1.54, 1.807) is 12.1 Å². The van der Waals surface area contributed by atoms with E-state index < -0.39 is 5.97 Å². The second-order valence-electron chi connectivity index (χ2n) is 6.62. The second kappa shape index (κ2) is 9.32. The van der Waals surface area contributed by atoms with Gasteiger partial charge in [-0.25, -0.2) is 14.8 Å². The third-order valence-electron chi connectivity index (χ3n) is 4.62. The van der Waals surface area contributed by atoms with Crippen LogP contribution in [-0.2, 0) is 6.54 Å². The number of nitrogens with zero attached hydrogens (tertiary/aromatic N) is 5. The summed E-state index contributed by atoms with van der Waals surface area (Å²) < 4.78 is 6.40. The van der Waals surface area contributed by atoms with Gasteiger partial charge in [0.2, 0.25) is 0 Å². The van der Waals surface area contributed by atoms with Crippen LogP contribution in [0.1, 0.15) is 28.4 Å². The van der Waals surface area contributed by atoms with Crippen LogP contribution < -0.4 is 4.74 Å². The number of aromatic nitrogens is 2. The van der Waals surface area contributed by atoms with Crippen LogP contribution >= 0.6 is 11.3 Å². The summed E-state index contributed by atoms with van der Waals surface area (Å²) >= 11 is 1.37. The van der Waals surface area contributed by atoms with E-state index in [2.05, 4.69) is 26.3 Å². The van der Waals surface area contributed by atoms with Gasteiger partial charge in [0.15, 0.2) is 5.82 Å². The van der Waals surface area contributed by atoms with Crippen molar-refractivity contribution in [1.82, 2.24) is 9.97 Å². The summed E-state index contributed by atoms with van der Waals surface area (Å²) in [5, 5.41) is 27.3. The number of thiophene rings is 1. The normalized spacial score (nSPS) is 11.0. The Hall–Kier alpha value is -4.16. The molecule has 32 heavy (non-hydrogen) atoms. The van der Waals surface area contributed by atoms with Crippen molar-refractivity contribution in [3.8, 4) is 22.3 Å². The first-order valence-electron chi connectivity index (χ1n) is 9.72. The molecule has 4 rings (SSSR count). The zero-order valence-corrected chi connectivity index (χ0v) is 17.8. The summed E-state index contributed by atoms with van der Waals surface area (Å²) in [6, 6.07) is 16.2. The van der Waals surface area contributed by atoms with E-state index in [1.165, 1.54) is 29.8 Å². The van der Waals surface area contributed by atoms with Crippen LogP contribution in [0, 0.1) is 11.3 Å². The van der Waals surface area contributed by atoms with Crippen LogP contribution in [0.15, 0.2) is 65.1 Å². The highest BCUT2D eigenvalue weighted by atomic mass is 32.1. The molecule has 9 heteroatoms. The molecular formula is C23H17N5O3S. The summed E-state index contributed by atoms with van der Waals surface area (Å²) in [5.41, 5.74) is 2.81. The summed E-state index contributed by atoms with van der Waals surface area (Å²) in [7, 11) is 0. The number of rotatable bonds is 7. The Bertz CT molecular complexity index is 1360. The molecule has 0 fully saturated rings. The highest BCUT2D eigenvalue weighted by molar-refractivity contribution is 7.23. The molecule has 0 bridgehead atoms. The molecule has 2 heterocycles. The third-order valence-corrected chi connectivity index (χ3v) is 5.82. The maximum Gasteiger partial charge on any atom is 0.335 e. The van der Waals surface area contributed by atoms with Gasteiger partial charge in [-0.2, -0.15) is 10.4 Å². The Kier molecular flexibility index (Phi) is 6.14. The van der Waals surface area contributed by atoms with E-state index in [0.29, 0.717) is 34.0 Å². The Morgan fingerprint density at radius 2 is 1.97 bits per heavy atom. The average Bonchev–Trinajstić information content (AvgIpc) is 3.19. The molecule has 0 radical (unpaired) electrons. The number of azo groups is 1. The summed E-state index contributed by atoms with van der Waals surface area (Å²) in [6.07, 6.45) is 1.37. The van der Waals surface area contributed by atoms with Gasteiger partial charge in [-0.3, -0.25) is 0 Å². The minimum absolute atomic E-state index is 0.214. The van der Waals surface area contributed by atoms with Gasteiger partial charge in [-0.15, -0.1) is 16.5 Å². The lowest BCUT2D eigenvalue weighted by molar-refractivity contribution is 0.0697. The lowest BCUT2D eigenvalue weighted by Gasteiger charge is -2.08. The standard InChI is InChI=1S/C23H17N5O3S/c1-2-31-18-6-4-3-5-16(18)20-17(11-24)19-21(32-20)22(26-13-25-19)28-27-12-14-7-9-15(10-8-14)23(29)30/h3-10,13H,2,12H2,1H3,(H,29,30). The van der Waals surface area contributed by atoms with Crippen molar-refractivity contribution in [3.63, 3.8) is 0 Å². The third kappa shape index (κ3) is 4.17. The summed E-state index contributed by atoms with van der Waals surface area (Å²) in [6.45, 7) is 2.69. The van der Waals surface area contributed by atoms with Crippen LogP contribution in [0.25, 0.3) is 20.7 Å². The quantitative estimate of drug-likeness (QED) is 0.371. The maximum absolute atomic E-state index is 11.0. The Labute approximate surface area is 187 Å². The first-order chi connectivity index (χ1) is 15.6. The van der Waals surface area contributed by atoms with Gasteiger partial charge in [0.1, 0.15) is 28.4 Å². The number of para-hydroxylation sites is 1. The predicted molar refractivity (Wildman–Crippen MR) is 120 cm³/mol. The molecule has 0 aliphatic rings. The van der Waals surface area contributed by atoms with Gasteiger partial charge in [-0.05, 0) is 36.8 Å². The van der Waals surface area contributed by atoms with Gasteiger partial charge >= 0.3 is 5.97 Å². The van der Waals surface area contributed by atoms with E-state index in [9.17, 15) is 10.1 Å². The summed E-state index contributed by atoms with van der Waals surface area (Å²) in [4.78, 5) is 20.3. The number of ether oxygens (including phenoxy) is 1. The van der Waals surface area contributed by atoms with Crippen LogP contribution in [-0.4, -0.2) is 27.7 Å². The number of aromatic carboxylic acids is 1. The Morgan fingerprint density at radius 1 is 1.19 bits per heavy atom. The van der Waals surface area contributed by atoms with Crippen LogP contribution in [0.2, 0.25) is 0 Å². The molecular weight excluding hydrogens is 426 g/mol. The molecule has 2 aromatic heterocycles. The summed E-state index contributed by atoms with van der Waals surface area (Å²) in [5.74, 6) is 0.0899. The van der Waals surface area contributed by atoms with Crippen LogP contribution in [0.4, 0.5) is 5.82 Å². The molecule has 0 amide bonds. The first kappa shape index (κ1) is 21.1. The number of carbonyl (C=O) groups is 1. The SMILES string of the molecule is CCOc1ccccc1-c1sc2c(N=NCc3ccc(C(=O)O)cc3)ncnc2c1C#N. The van der Waals surface area contributed by atoms with Gasteiger partial charge in [0, 0.05) is 5.56 Å². The minimum Gasteiger partial charge on any atom is -0.493 e. The fourth-order valence-corrected chi connectivity index (χ4v) is 4.30. The smallest absolute Gasteiger partial charge is 0.335 e. The second-order valence-corrected chi connectivity index (χ2v) is 7.64. The van der Waals surface area contributed by atoms with Crippen LogP contribution in [0.3, 0.4) is 0 Å². The predicted octanol–water partition coefficient (Wildman–Crippen LogP) is 5.61. The van der Waals surface area contributed by atoms with Gasteiger partial charge in [0.25, 0.3) is 0 Å². The van der Waals surface area contributed by atoms with E-state index in [-0.39, 0.29) is 12.1 Å². The minimum atomic E-state index is -0.978. The molecule has 0 saturated heterocycles. The number of carboxylic acids is 1. The fraction of sp³-hybridized carbons (Fsp3) is 0.130. The Balaban J connectivity index is 1.69. The lowest BCUT2D eigenvalue weighted by atomic mass is 10.1. The molecule has 4 aromatic rings.